The first-order valence-electron chi connectivity index (χ1n) is 6.31. The minimum atomic E-state index is 0.657. The highest BCUT2D eigenvalue weighted by atomic mass is 35.5. The van der Waals surface area contributed by atoms with Gasteiger partial charge in [0.2, 0.25) is 0 Å². The summed E-state index contributed by atoms with van der Waals surface area (Å²) in [5, 5.41) is 0. The van der Waals surface area contributed by atoms with Crippen LogP contribution in [0.3, 0.4) is 0 Å². The fraction of sp³-hybridized carbons (Fsp3) is 0.692. The van der Waals surface area contributed by atoms with E-state index in [1.54, 1.807) is 11.3 Å². The SMILES string of the molecule is NCC1CCCCC1COCc1ccc(Cl)s1. The minimum absolute atomic E-state index is 0.657. The average molecular weight is 274 g/mol. The number of thiophene rings is 1. The zero-order chi connectivity index (χ0) is 12.1. The van der Waals surface area contributed by atoms with Crippen molar-refractivity contribution in [2.45, 2.75) is 32.3 Å². The van der Waals surface area contributed by atoms with Gasteiger partial charge in [-0.05, 0) is 43.4 Å². The lowest BCUT2D eigenvalue weighted by molar-refractivity contribution is 0.0525. The van der Waals surface area contributed by atoms with E-state index in [1.165, 1.54) is 30.6 Å². The summed E-state index contributed by atoms with van der Waals surface area (Å²) in [6.07, 6.45) is 5.21. The molecule has 96 valence electrons. The molecule has 1 aliphatic carbocycles. The van der Waals surface area contributed by atoms with Gasteiger partial charge in [-0.2, -0.15) is 0 Å². The monoisotopic (exact) mass is 273 g/mol. The number of rotatable bonds is 5. The smallest absolute Gasteiger partial charge is 0.0932 e. The highest BCUT2D eigenvalue weighted by Crippen LogP contribution is 2.30. The van der Waals surface area contributed by atoms with Crippen LogP contribution in [0.25, 0.3) is 0 Å². The number of halogens is 1. The summed E-state index contributed by atoms with van der Waals surface area (Å²) < 4.78 is 6.64. The van der Waals surface area contributed by atoms with Crippen LogP contribution in [0.1, 0.15) is 30.6 Å². The lowest BCUT2D eigenvalue weighted by Gasteiger charge is -2.30. The van der Waals surface area contributed by atoms with E-state index in [0.29, 0.717) is 18.4 Å². The Bertz CT molecular complexity index is 342. The zero-order valence-corrected chi connectivity index (χ0v) is 11.6. The Morgan fingerprint density at radius 1 is 1.29 bits per heavy atom. The van der Waals surface area contributed by atoms with E-state index in [1.807, 2.05) is 12.1 Å². The molecule has 1 fully saturated rings. The predicted octanol–water partition coefficient (Wildman–Crippen LogP) is 3.68. The molecule has 0 bridgehead atoms. The Balaban J connectivity index is 1.73. The first-order valence-corrected chi connectivity index (χ1v) is 7.51. The molecular formula is C13H20ClNOS. The number of nitrogens with two attached hydrogens (primary N) is 1. The first kappa shape index (κ1) is 13.3. The zero-order valence-electron chi connectivity index (χ0n) is 10.0. The highest BCUT2D eigenvalue weighted by Gasteiger charge is 2.23. The Morgan fingerprint density at radius 2 is 2.06 bits per heavy atom. The van der Waals surface area contributed by atoms with Crippen molar-refractivity contribution in [1.82, 2.24) is 0 Å². The normalized spacial score (nSPS) is 25.1. The second kappa shape index (κ2) is 6.74. The Kier molecular flexibility index (Phi) is 5.29. The van der Waals surface area contributed by atoms with E-state index in [4.69, 9.17) is 22.1 Å². The van der Waals surface area contributed by atoms with Crippen LogP contribution in [0, 0.1) is 11.8 Å². The van der Waals surface area contributed by atoms with Crippen LogP contribution >= 0.6 is 22.9 Å². The molecule has 17 heavy (non-hydrogen) atoms. The molecule has 1 aromatic heterocycles. The molecule has 0 saturated heterocycles. The quantitative estimate of drug-likeness (QED) is 0.888. The lowest BCUT2D eigenvalue weighted by Crippen LogP contribution is -2.29. The van der Waals surface area contributed by atoms with Gasteiger partial charge in [0.15, 0.2) is 0 Å². The Morgan fingerprint density at radius 3 is 2.71 bits per heavy atom. The van der Waals surface area contributed by atoms with E-state index in [-0.39, 0.29) is 0 Å². The third-order valence-corrected chi connectivity index (χ3v) is 4.78. The van der Waals surface area contributed by atoms with Crippen LogP contribution in [0.15, 0.2) is 12.1 Å². The van der Waals surface area contributed by atoms with Crippen LogP contribution in [0.2, 0.25) is 4.34 Å². The maximum atomic E-state index is 5.88. The second-order valence-corrected chi connectivity index (χ2v) is 6.56. The molecule has 0 spiro atoms. The predicted molar refractivity (Wildman–Crippen MR) is 73.5 cm³/mol. The van der Waals surface area contributed by atoms with E-state index >= 15 is 0 Å². The third kappa shape index (κ3) is 3.95. The number of hydrogen-bond acceptors (Lipinski definition) is 3. The molecule has 1 saturated carbocycles. The van der Waals surface area contributed by atoms with E-state index in [9.17, 15) is 0 Å². The van der Waals surface area contributed by atoms with Crippen molar-refractivity contribution in [3.8, 4) is 0 Å². The van der Waals surface area contributed by atoms with Crippen molar-refractivity contribution in [3.05, 3.63) is 21.3 Å². The third-order valence-electron chi connectivity index (χ3n) is 3.57. The van der Waals surface area contributed by atoms with Crippen molar-refractivity contribution in [2.75, 3.05) is 13.2 Å². The van der Waals surface area contributed by atoms with Crippen molar-refractivity contribution in [3.63, 3.8) is 0 Å². The standard InChI is InChI=1S/C13H20ClNOS/c14-13-6-5-12(17-13)9-16-8-11-4-2-1-3-10(11)7-15/h5-6,10-11H,1-4,7-9,15H2. The Hall–Kier alpha value is -0.0900. The average Bonchev–Trinajstić information content (AvgIpc) is 2.76. The molecule has 2 rings (SSSR count). The molecule has 2 unspecified atom stereocenters. The van der Waals surface area contributed by atoms with Crippen LogP contribution in [-0.2, 0) is 11.3 Å². The second-order valence-electron chi connectivity index (χ2n) is 4.76. The molecule has 4 heteroatoms. The van der Waals surface area contributed by atoms with Gasteiger partial charge in [0.25, 0.3) is 0 Å². The van der Waals surface area contributed by atoms with Crippen molar-refractivity contribution in [1.29, 1.82) is 0 Å². The van der Waals surface area contributed by atoms with Gasteiger partial charge in [0.1, 0.15) is 0 Å². The highest BCUT2D eigenvalue weighted by molar-refractivity contribution is 7.16. The van der Waals surface area contributed by atoms with E-state index in [2.05, 4.69) is 0 Å². The molecule has 2 atom stereocenters. The minimum Gasteiger partial charge on any atom is -0.376 e. The molecule has 0 radical (unpaired) electrons. The number of hydrogen-bond donors (Lipinski definition) is 1. The van der Waals surface area contributed by atoms with Crippen molar-refractivity contribution < 1.29 is 4.74 Å². The van der Waals surface area contributed by atoms with Gasteiger partial charge in [-0.25, -0.2) is 0 Å². The summed E-state index contributed by atoms with van der Waals surface area (Å²) in [6, 6.07) is 3.96. The first-order chi connectivity index (χ1) is 8.29. The molecule has 0 aromatic carbocycles. The largest absolute Gasteiger partial charge is 0.376 e. The van der Waals surface area contributed by atoms with E-state index in [0.717, 1.165) is 17.5 Å². The van der Waals surface area contributed by atoms with E-state index < -0.39 is 0 Å². The van der Waals surface area contributed by atoms with Crippen LogP contribution in [0.4, 0.5) is 0 Å². The van der Waals surface area contributed by atoms with Crippen molar-refractivity contribution >= 4 is 22.9 Å². The maximum Gasteiger partial charge on any atom is 0.0932 e. The van der Waals surface area contributed by atoms with Gasteiger partial charge in [0, 0.05) is 4.88 Å². The van der Waals surface area contributed by atoms with Gasteiger partial charge in [-0.1, -0.05) is 24.4 Å². The molecule has 2 nitrogen and oxygen atoms in total. The number of ether oxygens (including phenoxy) is 1. The molecule has 1 aliphatic rings. The fourth-order valence-corrected chi connectivity index (χ4v) is 3.58. The summed E-state index contributed by atoms with van der Waals surface area (Å²) in [4.78, 5) is 1.20. The maximum absolute atomic E-state index is 5.88. The Labute approximate surface area is 112 Å². The molecule has 0 amide bonds. The molecule has 2 N–H and O–H groups in total. The summed E-state index contributed by atoms with van der Waals surface area (Å²) in [6.45, 7) is 2.33. The van der Waals surface area contributed by atoms with Gasteiger partial charge < -0.3 is 10.5 Å². The summed E-state index contributed by atoms with van der Waals surface area (Å²) in [5.74, 6) is 1.32. The van der Waals surface area contributed by atoms with Gasteiger partial charge in [-0.15, -0.1) is 11.3 Å². The van der Waals surface area contributed by atoms with Gasteiger partial charge in [0.05, 0.1) is 17.6 Å². The fourth-order valence-electron chi connectivity index (χ4n) is 2.55. The molecular weight excluding hydrogens is 254 g/mol. The van der Waals surface area contributed by atoms with Crippen LogP contribution in [-0.4, -0.2) is 13.2 Å². The molecule has 0 aliphatic heterocycles. The lowest BCUT2D eigenvalue weighted by atomic mass is 9.80. The molecule has 1 aromatic rings. The van der Waals surface area contributed by atoms with Crippen molar-refractivity contribution in [2.24, 2.45) is 17.6 Å². The summed E-state index contributed by atoms with van der Waals surface area (Å²) >= 11 is 7.48. The van der Waals surface area contributed by atoms with Crippen LogP contribution in [0.5, 0.6) is 0 Å². The van der Waals surface area contributed by atoms with Crippen LogP contribution < -0.4 is 5.73 Å². The van der Waals surface area contributed by atoms with Gasteiger partial charge in [-0.3, -0.25) is 0 Å². The van der Waals surface area contributed by atoms with Gasteiger partial charge >= 0.3 is 0 Å². The molecule has 1 heterocycles. The summed E-state index contributed by atoms with van der Waals surface area (Å²) in [5.41, 5.74) is 5.81. The topological polar surface area (TPSA) is 35.2 Å². The summed E-state index contributed by atoms with van der Waals surface area (Å²) in [7, 11) is 0.